The molecule has 2 rings (SSSR count). The van der Waals surface area contributed by atoms with Crippen molar-refractivity contribution in [3.63, 3.8) is 0 Å². The molecule has 2 aromatic carbocycles. The molecule has 0 spiro atoms. The molecule has 0 unspecified atom stereocenters. The van der Waals surface area contributed by atoms with E-state index < -0.39 is 0 Å². The number of guanidine groups is 1. The lowest BCUT2D eigenvalue weighted by Gasteiger charge is -2.15. The van der Waals surface area contributed by atoms with E-state index in [2.05, 4.69) is 15.6 Å². The fourth-order valence-electron chi connectivity index (χ4n) is 2.44. The van der Waals surface area contributed by atoms with E-state index in [9.17, 15) is 0 Å². The van der Waals surface area contributed by atoms with Crippen molar-refractivity contribution in [2.45, 2.75) is 13.1 Å². The Labute approximate surface area is 182 Å². The number of methoxy groups -OCH3 is 3. The molecule has 0 radical (unpaired) electrons. The van der Waals surface area contributed by atoms with Crippen LogP contribution in [0.3, 0.4) is 0 Å². The van der Waals surface area contributed by atoms with Crippen LogP contribution in [-0.4, -0.2) is 34.3 Å². The lowest BCUT2D eigenvalue weighted by molar-refractivity contribution is 0.390. The molecule has 0 amide bonds. The molecule has 0 aliphatic carbocycles. The Hall–Kier alpha value is -1.87. The molecular formula is C19H25ClIN3O3. The number of aliphatic imine (C=N–C) groups is 1. The zero-order chi connectivity index (χ0) is 18.9. The van der Waals surface area contributed by atoms with Crippen LogP contribution >= 0.6 is 35.6 Å². The lowest BCUT2D eigenvalue weighted by Crippen LogP contribution is -2.36. The first-order chi connectivity index (χ1) is 12.6. The van der Waals surface area contributed by atoms with Crippen LogP contribution in [0, 0.1) is 0 Å². The lowest BCUT2D eigenvalue weighted by atomic mass is 10.2. The highest BCUT2D eigenvalue weighted by Gasteiger charge is 2.08. The Bertz CT molecular complexity index is 772. The second-order valence-electron chi connectivity index (χ2n) is 5.41. The van der Waals surface area contributed by atoms with E-state index in [0.29, 0.717) is 24.1 Å². The van der Waals surface area contributed by atoms with Gasteiger partial charge in [-0.3, -0.25) is 4.99 Å². The van der Waals surface area contributed by atoms with E-state index in [1.54, 1.807) is 34.4 Å². The molecule has 6 nitrogen and oxygen atoms in total. The summed E-state index contributed by atoms with van der Waals surface area (Å²) in [5.41, 5.74) is 1.99. The van der Waals surface area contributed by atoms with E-state index in [1.807, 2.05) is 30.3 Å². The van der Waals surface area contributed by atoms with Crippen molar-refractivity contribution in [3.8, 4) is 17.2 Å². The van der Waals surface area contributed by atoms with Crippen molar-refractivity contribution in [3.05, 3.63) is 52.5 Å². The Morgan fingerprint density at radius 1 is 0.889 bits per heavy atom. The minimum Gasteiger partial charge on any atom is -0.497 e. The number of hydrogen-bond acceptors (Lipinski definition) is 4. The summed E-state index contributed by atoms with van der Waals surface area (Å²) >= 11 is 6.00. The predicted molar refractivity (Wildman–Crippen MR) is 120 cm³/mol. The van der Waals surface area contributed by atoms with E-state index in [4.69, 9.17) is 25.8 Å². The summed E-state index contributed by atoms with van der Waals surface area (Å²) < 4.78 is 16.0. The Kier molecular flexibility index (Phi) is 10.1. The third-order valence-electron chi connectivity index (χ3n) is 3.86. The van der Waals surface area contributed by atoms with Gasteiger partial charge in [-0.2, -0.15) is 0 Å². The fraction of sp³-hybridized carbons (Fsp3) is 0.316. The maximum Gasteiger partial charge on any atom is 0.191 e. The second kappa shape index (κ2) is 11.8. The summed E-state index contributed by atoms with van der Waals surface area (Å²) in [4.78, 5) is 4.24. The van der Waals surface area contributed by atoms with Crippen molar-refractivity contribution in [2.24, 2.45) is 4.99 Å². The monoisotopic (exact) mass is 505 g/mol. The maximum absolute atomic E-state index is 6.00. The highest BCUT2D eigenvalue weighted by Crippen LogP contribution is 2.24. The standard InChI is InChI=1S/C19H24ClN3O3.HI/c1-21-19(22-11-13-5-7-15(20)9-17(13)25-3)23-12-14-6-8-16(24-2)10-18(14)26-4;/h5-10H,11-12H2,1-4H3,(H2,21,22,23);1H. The number of nitrogens with zero attached hydrogens (tertiary/aromatic N) is 1. The van der Waals surface area contributed by atoms with E-state index in [-0.39, 0.29) is 24.0 Å². The smallest absolute Gasteiger partial charge is 0.191 e. The number of nitrogens with one attached hydrogen (secondary N) is 2. The van der Waals surface area contributed by atoms with E-state index in [1.165, 1.54) is 0 Å². The van der Waals surface area contributed by atoms with Crippen LogP contribution in [-0.2, 0) is 13.1 Å². The molecular weight excluding hydrogens is 481 g/mol. The van der Waals surface area contributed by atoms with Gasteiger partial charge in [-0.15, -0.1) is 24.0 Å². The molecule has 0 saturated heterocycles. The van der Waals surface area contributed by atoms with Crippen molar-refractivity contribution < 1.29 is 14.2 Å². The number of benzene rings is 2. The van der Waals surface area contributed by atoms with Crippen molar-refractivity contribution >= 4 is 41.5 Å². The molecule has 0 aliphatic rings. The van der Waals surface area contributed by atoms with Gasteiger partial charge < -0.3 is 24.8 Å². The van der Waals surface area contributed by atoms with Gasteiger partial charge in [0.2, 0.25) is 0 Å². The van der Waals surface area contributed by atoms with Gasteiger partial charge in [0.25, 0.3) is 0 Å². The van der Waals surface area contributed by atoms with Crippen LogP contribution in [0.5, 0.6) is 17.2 Å². The Morgan fingerprint density at radius 2 is 1.44 bits per heavy atom. The summed E-state index contributed by atoms with van der Waals surface area (Å²) in [5.74, 6) is 2.91. The average Bonchev–Trinajstić information content (AvgIpc) is 2.68. The van der Waals surface area contributed by atoms with E-state index >= 15 is 0 Å². The average molecular weight is 506 g/mol. The third-order valence-corrected chi connectivity index (χ3v) is 4.09. The van der Waals surface area contributed by atoms with E-state index in [0.717, 1.165) is 28.4 Å². The number of rotatable bonds is 7. The first kappa shape index (κ1) is 23.2. The summed E-state index contributed by atoms with van der Waals surface area (Å²) in [6.07, 6.45) is 0. The summed E-state index contributed by atoms with van der Waals surface area (Å²) in [6, 6.07) is 11.3. The molecule has 0 aliphatic heterocycles. The molecule has 0 atom stereocenters. The summed E-state index contributed by atoms with van der Waals surface area (Å²) in [6.45, 7) is 1.12. The van der Waals surface area contributed by atoms with Crippen LogP contribution in [0.15, 0.2) is 41.4 Å². The van der Waals surface area contributed by atoms with Gasteiger partial charge >= 0.3 is 0 Å². The molecule has 27 heavy (non-hydrogen) atoms. The van der Waals surface area contributed by atoms with Gasteiger partial charge in [-0.05, 0) is 24.3 Å². The summed E-state index contributed by atoms with van der Waals surface area (Å²) in [7, 11) is 6.61. The predicted octanol–water partition coefficient (Wildman–Crippen LogP) is 3.85. The number of ether oxygens (including phenoxy) is 3. The minimum absolute atomic E-state index is 0. The molecule has 0 aromatic heterocycles. The molecule has 0 bridgehead atoms. The molecule has 148 valence electrons. The van der Waals surface area contributed by atoms with Crippen LogP contribution in [0.2, 0.25) is 5.02 Å². The molecule has 2 N–H and O–H groups in total. The van der Waals surface area contributed by atoms with Crippen LogP contribution < -0.4 is 24.8 Å². The van der Waals surface area contributed by atoms with Gasteiger partial charge in [-0.1, -0.05) is 17.7 Å². The van der Waals surface area contributed by atoms with Gasteiger partial charge in [0.05, 0.1) is 21.3 Å². The molecule has 0 fully saturated rings. The highest BCUT2D eigenvalue weighted by molar-refractivity contribution is 14.0. The van der Waals surface area contributed by atoms with Crippen molar-refractivity contribution in [1.82, 2.24) is 10.6 Å². The first-order valence-corrected chi connectivity index (χ1v) is 8.47. The van der Waals surface area contributed by atoms with Gasteiger partial charge in [-0.25, -0.2) is 0 Å². The minimum atomic E-state index is 0. The molecule has 0 saturated carbocycles. The molecule has 2 aromatic rings. The Balaban J connectivity index is 0.00000364. The third kappa shape index (κ3) is 6.66. The molecule has 0 heterocycles. The van der Waals surface area contributed by atoms with Crippen molar-refractivity contribution in [1.29, 1.82) is 0 Å². The first-order valence-electron chi connectivity index (χ1n) is 8.09. The van der Waals surface area contributed by atoms with Crippen molar-refractivity contribution in [2.75, 3.05) is 28.4 Å². The highest BCUT2D eigenvalue weighted by atomic mass is 127. The van der Waals surface area contributed by atoms with Gasteiger partial charge in [0.1, 0.15) is 17.2 Å². The van der Waals surface area contributed by atoms with Crippen LogP contribution in [0.25, 0.3) is 0 Å². The molecule has 8 heteroatoms. The fourth-order valence-corrected chi connectivity index (χ4v) is 2.60. The van der Waals surface area contributed by atoms with Gasteiger partial charge in [0, 0.05) is 42.4 Å². The SMILES string of the molecule is CN=C(NCc1ccc(Cl)cc1OC)NCc1ccc(OC)cc1OC.I. The number of halogens is 2. The second-order valence-corrected chi connectivity index (χ2v) is 5.85. The number of hydrogen-bond donors (Lipinski definition) is 2. The quantitative estimate of drug-likeness (QED) is 0.340. The van der Waals surface area contributed by atoms with Gasteiger partial charge in [0.15, 0.2) is 5.96 Å². The largest absolute Gasteiger partial charge is 0.497 e. The maximum atomic E-state index is 6.00. The summed E-state index contributed by atoms with van der Waals surface area (Å²) in [5, 5.41) is 7.17. The van der Waals surface area contributed by atoms with Crippen LogP contribution in [0.4, 0.5) is 0 Å². The zero-order valence-corrected chi connectivity index (χ0v) is 18.9. The normalized spacial score (nSPS) is 10.6. The van der Waals surface area contributed by atoms with Crippen LogP contribution in [0.1, 0.15) is 11.1 Å². The topological polar surface area (TPSA) is 64.1 Å². The zero-order valence-electron chi connectivity index (χ0n) is 15.8. The Morgan fingerprint density at radius 3 is 1.96 bits per heavy atom.